The lowest BCUT2D eigenvalue weighted by Gasteiger charge is -2.33. The van der Waals surface area contributed by atoms with Crippen molar-refractivity contribution in [3.05, 3.63) is 17.5 Å². The molecule has 0 saturated carbocycles. The summed E-state index contributed by atoms with van der Waals surface area (Å²) in [4.78, 5) is 14.0. The van der Waals surface area contributed by atoms with Gasteiger partial charge < -0.3 is 19.5 Å². The van der Waals surface area contributed by atoms with Crippen molar-refractivity contribution in [1.29, 1.82) is 0 Å². The van der Waals surface area contributed by atoms with E-state index in [1.807, 2.05) is 11.8 Å². The maximum atomic E-state index is 12.2. The summed E-state index contributed by atoms with van der Waals surface area (Å²) in [5.41, 5.74) is 0.353. The summed E-state index contributed by atoms with van der Waals surface area (Å²) < 4.78 is 9.93. The summed E-state index contributed by atoms with van der Waals surface area (Å²) in [5.74, 6) is 0.490. The van der Waals surface area contributed by atoms with E-state index in [1.165, 1.54) is 0 Å². The molecule has 0 bridgehead atoms. The number of halogens is 1. The van der Waals surface area contributed by atoms with Gasteiger partial charge in [0.1, 0.15) is 6.61 Å². The van der Waals surface area contributed by atoms with Crippen LogP contribution in [0.4, 0.5) is 0 Å². The number of amides is 1. The minimum atomic E-state index is -0.0786. The van der Waals surface area contributed by atoms with Gasteiger partial charge in [-0.15, -0.1) is 12.4 Å². The van der Waals surface area contributed by atoms with Crippen LogP contribution < -0.4 is 5.32 Å². The van der Waals surface area contributed by atoms with Gasteiger partial charge in [0.15, 0.2) is 11.5 Å². The lowest BCUT2D eigenvalue weighted by Crippen LogP contribution is -2.52. The first kappa shape index (κ1) is 14.9. The second-order valence-electron chi connectivity index (χ2n) is 4.16. The van der Waals surface area contributed by atoms with Gasteiger partial charge in [-0.3, -0.25) is 4.79 Å². The molecule has 102 valence electrons. The Kier molecular flexibility index (Phi) is 5.58. The molecule has 1 fully saturated rings. The molecule has 1 aromatic rings. The van der Waals surface area contributed by atoms with Crippen LogP contribution in [0.3, 0.4) is 0 Å². The van der Waals surface area contributed by atoms with E-state index in [0.29, 0.717) is 24.6 Å². The van der Waals surface area contributed by atoms with Crippen molar-refractivity contribution >= 4 is 18.3 Å². The largest absolute Gasteiger partial charge is 0.377 e. The number of carbonyl (C=O) groups excluding carboxylic acids is 1. The van der Waals surface area contributed by atoms with Crippen molar-refractivity contribution in [2.24, 2.45) is 0 Å². The SMILES string of the molecule is COCc1cc(C(=O)N2CCNC[C@@H]2C)no1.Cl. The highest BCUT2D eigenvalue weighted by Gasteiger charge is 2.26. The van der Waals surface area contributed by atoms with Crippen LogP contribution in [-0.2, 0) is 11.3 Å². The zero-order valence-electron chi connectivity index (χ0n) is 10.5. The topological polar surface area (TPSA) is 67.6 Å². The van der Waals surface area contributed by atoms with E-state index < -0.39 is 0 Å². The second-order valence-corrected chi connectivity index (χ2v) is 4.16. The Morgan fingerprint density at radius 3 is 3.17 bits per heavy atom. The number of nitrogens with zero attached hydrogens (tertiary/aromatic N) is 2. The zero-order valence-corrected chi connectivity index (χ0v) is 11.3. The molecule has 1 N–H and O–H groups in total. The van der Waals surface area contributed by atoms with Gasteiger partial charge in [-0.05, 0) is 6.92 Å². The average Bonchev–Trinajstić information content (AvgIpc) is 2.78. The van der Waals surface area contributed by atoms with Crippen LogP contribution in [0.2, 0.25) is 0 Å². The Morgan fingerprint density at radius 1 is 1.72 bits per heavy atom. The third kappa shape index (κ3) is 3.22. The van der Waals surface area contributed by atoms with Gasteiger partial charge in [-0.2, -0.15) is 0 Å². The van der Waals surface area contributed by atoms with Crippen molar-refractivity contribution in [2.45, 2.75) is 19.6 Å². The number of nitrogens with one attached hydrogen (secondary N) is 1. The van der Waals surface area contributed by atoms with Gasteiger partial charge in [0.05, 0.1) is 0 Å². The molecule has 0 unspecified atom stereocenters. The summed E-state index contributed by atoms with van der Waals surface area (Å²) in [7, 11) is 1.57. The molecule has 1 aromatic heterocycles. The predicted molar refractivity (Wildman–Crippen MR) is 67.8 cm³/mol. The van der Waals surface area contributed by atoms with E-state index in [1.54, 1.807) is 13.2 Å². The Hall–Kier alpha value is -1.11. The fourth-order valence-corrected chi connectivity index (χ4v) is 1.91. The second kappa shape index (κ2) is 6.72. The third-order valence-corrected chi connectivity index (χ3v) is 2.83. The van der Waals surface area contributed by atoms with Crippen molar-refractivity contribution in [1.82, 2.24) is 15.4 Å². The molecule has 1 saturated heterocycles. The fraction of sp³-hybridized carbons (Fsp3) is 0.636. The van der Waals surface area contributed by atoms with Gasteiger partial charge in [0.25, 0.3) is 5.91 Å². The van der Waals surface area contributed by atoms with Gasteiger partial charge in [0, 0.05) is 38.9 Å². The molecule has 0 aromatic carbocycles. The highest BCUT2D eigenvalue weighted by atomic mass is 35.5. The molecular weight excluding hydrogens is 258 g/mol. The van der Waals surface area contributed by atoms with E-state index in [2.05, 4.69) is 10.5 Å². The van der Waals surface area contributed by atoms with E-state index in [0.717, 1.165) is 13.1 Å². The van der Waals surface area contributed by atoms with E-state index in [9.17, 15) is 4.79 Å². The highest BCUT2D eigenvalue weighted by Crippen LogP contribution is 2.11. The Balaban J connectivity index is 0.00000162. The summed E-state index contributed by atoms with van der Waals surface area (Å²) in [6.07, 6.45) is 0. The van der Waals surface area contributed by atoms with Gasteiger partial charge >= 0.3 is 0 Å². The Bertz CT molecular complexity index is 397. The molecular formula is C11H18ClN3O3. The van der Waals surface area contributed by atoms with Crippen molar-refractivity contribution < 1.29 is 14.1 Å². The summed E-state index contributed by atoms with van der Waals surface area (Å²) in [5, 5.41) is 7.02. The van der Waals surface area contributed by atoms with Crippen LogP contribution in [0.1, 0.15) is 23.2 Å². The van der Waals surface area contributed by atoms with Crippen molar-refractivity contribution in [3.8, 4) is 0 Å². The van der Waals surface area contributed by atoms with Gasteiger partial charge in [0.2, 0.25) is 0 Å². The molecule has 1 amide bonds. The summed E-state index contributed by atoms with van der Waals surface area (Å²) >= 11 is 0. The fourth-order valence-electron chi connectivity index (χ4n) is 1.91. The van der Waals surface area contributed by atoms with Gasteiger partial charge in [-0.25, -0.2) is 0 Å². The first-order valence-corrected chi connectivity index (χ1v) is 5.68. The summed E-state index contributed by atoms with van der Waals surface area (Å²) in [6.45, 7) is 4.68. The number of hydrogen-bond acceptors (Lipinski definition) is 5. The monoisotopic (exact) mass is 275 g/mol. The smallest absolute Gasteiger partial charge is 0.276 e. The summed E-state index contributed by atoms with van der Waals surface area (Å²) in [6, 6.07) is 1.82. The van der Waals surface area contributed by atoms with E-state index >= 15 is 0 Å². The van der Waals surface area contributed by atoms with Crippen LogP contribution in [0.15, 0.2) is 10.6 Å². The highest BCUT2D eigenvalue weighted by molar-refractivity contribution is 5.92. The number of ether oxygens (including phenoxy) is 1. The van der Waals surface area contributed by atoms with Crippen molar-refractivity contribution in [3.63, 3.8) is 0 Å². The maximum Gasteiger partial charge on any atom is 0.276 e. The molecule has 6 nitrogen and oxygen atoms in total. The molecule has 1 atom stereocenters. The molecule has 0 radical (unpaired) electrons. The van der Waals surface area contributed by atoms with Crippen LogP contribution in [0.5, 0.6) is 0 Å². The lowest BCUT2D eigenvalue weighted by molar-refractivity contribution is 0.0644. The van der Waals surface area contributed by atoms with Crippen LogP contribution in [0.25, 0.3) is 0 Å². The zero-order chi connectivity index (χ0) is 12.3. The number of piperazine rings is 1. The van der Waals surface area contributed by atoms with Crippen LogP contribution in [-0.4, -0.2) is 48.7 Å². The molecule has 1 aliphatic heterocycles. The molecule has 1 aliphatic rings. The predicted octanol–water partition coefficient (Wildman–Crippen LogP) is 0.677. The molecule has 7 heteroatoms. The Morgan fingerprint density at radius 2 is 2.50 bits per heavy atom. The van der Waals surface area contributed by atoms with Crippen LogP contribution >= 0.6 is 12.4 Å². The van der Waals surface area contributed by atoms with Crippen LogP contribution in [0, 0.1) is 0 Å². The molecule has 2 rings (SSSR count). The average molecular weight is 276 g/mol. The van der Waals surface area contributed by atoms with Gasteiger partial charge in [-0.1, -0.05) is 5.16 Å². The van der Waals surface area contributed by atoms with E-state index in [-0.39, 0.29) is 24.4 Å². The molecule has 0 spiro atoms. The minimum Gasteiger partial charge on any atom is -0.377 e. The number of aromatic nitrogens is 1. The first-order valence-electron chi connectivity index (χ1n) is 5.68. The standard InChI is InChI=1S/C11H17N3O3.ClH/c1-8-6-12-3-4-14(8)11(15)10-5-9(7-16-2)17-13-10;/h5,8,12H,3-4,6-7H2,1-2H3;1H/t8-;/m0./s1. The number of methoxy groups -OCH3 is 1. The third-order valence-electron chi connectivity index (χ3n) is 2.83. The van der Waals surface area contributed by atoms with E-state index in [4.69, 9.17) is 9.26 Å². The Labute approximate surface area is 112 Å². The minimum absolute atomic E-state index is 0. The molecule has 2 heterocycles. The quantitative estimate of drug-likeness (QED) is 0.878. The number of rotatable bonds is 3. The maximum absolute atomic E-state index is 12.2. The normalized spacial score (nSPS) is 19.4. The number of hydrogen-bond donors (Lipinski definition) is 1. The number of carbonyl (C=O) groups is 1. The first-order chi connectivity index (χ1) is 8.22. The lowest BCUT2D eigenvalue weighted by atomic mass is 10.2. The van der Waals surface area contributed by atoms with Crippen molar-refractivity contribution in [2.75, 3.05) is 26.7 Å². The molecule has 18 heavy (non-hydrogen) atoms. The molecule has 0 aliphatic carbocycles.